The fourth-order valence-corrected chi connectivity index (χ4v) is 3.02. The Morgan fingerprint density at radius 3 is 1.96 bits per heavy atom. The van der Waals surface area contributed by atoms with Gasteiger partial charge < -0.3 is 4.74 Å². The van der Waals surface area contributed by atoms with E-state index < -0.39 is 16.0 Å². The zero-order valence-corrected chi connectivity index (χ0v) is 15.5. The molecule has 6 nitrogen and oxygen atoms in total. The first-order valence-corrected chi connectivity index (χ1v) is 9.13. The second-order valence-corrected chi connectivity index (χ2v) is 7.77. The lowest BCUT2D eigenvalue weighted by Crippen LogP contribution is -2.22. The molecule has 0 aliphatic heterocycles. The van der Waals surface area contributed by atoms with E-state index in [1.807, 2.05) is 0 Å². The first kappa shape index (κ1) is 19.6. The van der Waals surface area contributed by atoms with Crippen LogP contribution >= 0.6 is 0 Å². The molecule has 0 heterocycles. The zero-order chi connectivity index (χ0) is 19.3. The first-order chi connectivity index (χ1) is 12.3. The van der Waals surface area contributed by atoms with Gasteiger partial charge in [0, 0.05) is 19.7 Å². The fourth-order valence-electron chi connectivity index (χ4n) is 2.12. The van der Waals surface area contributed by atoms with E-state index in [0.717, 1.165) is 9.87 Å². The Hall–Kier alpha value is -2.77. The minimum Gasteiger partial charge on any atom is -0.465 e. The minimum absolute atomic E-state index is 0.126. The molecule has 7 heteroatoms. The number of hydrogen-bond acceptors (Lipinski definition) is 5. The van der Waals surface area contributed by atoms with Gasteiger partial charge in [0.1, 0.15) is 0 Å². The van der Waals surface area contributed by atoms with Crippen LogP contribution in [-0.2, 0) is 14.8 Å². The van der Waals surface area contributed by atoms with Gasteiger partial charge in [0.05, 0.1) is 17.6 Å². The van der Waals surface area contributed by atoms with Crippen LogP contribution in [0.15, 0.2) is 59.5 Å². The number of nitrogens with zero attached hydrogens (tertiary/aromatic N) is 1. The number of ether oxygens (including phenoxy) is 1. The summed E-state index contributed by atoms with van der Waals surface area (Å²) in [6.07, 6.45) is 3.01. The second-order valence-electron chi connectivity index (χ2n) is 5.62. The van der Waals surface area contributed by atoms with E-state index in [1.54, 1.807) is 30.3 Å². The van der Waals surface area contributed by atoms with Crippen molar-refractivity contribution in [3.8, 4) is 0 Å². The molecule has 0 N–H and O–H groups in total. The van der Waals surface area contributed by atoms with Crippen molar-refractivity contribution in [3.05, 3.63) is 71.3 Å². The molecule has 0 aliphatic rings. The number of carbonyl (C=O) groups excluding carboxylic acids is 2. The van der Waals surface area contributed by atoms with Crippen molar-refractivity contribution in [3.63, 3.8) is 0 Å². The Morgan fingerprint density at radius 2 is 1.46 bits per heavy atom. The highest BCUT2D eigenvalue weighted by Crippen LogP contribution is 2.15. The molecule has 0 amide bonds. The lowest BCUT2D eigenvalue weighted by Gasteiger charge is -2.11. The molecule has 0 bridgehead atoms. The Morgan fingerprint density at radius 1 is 0.923 bits per heavy atom. The van der Waals surface area contributed by atoms with E-state index in [9.17, 15) is 18.0 Å². The predicted octanol–water partition coefficient (Wildman–Crippen LogP) is 2.62. The molecular formula is C19H19NO5S. The Kier molecular flexibility index (Phi) is 6.07. The van der Waals surface area contributed by atoms with Crippen molar-refractivity contribution in [1.29, 1.82) is 0 Å². The summed E-state index contributed by atoms with van der Waals surface area (Å²) in [7, 11) is 0.682. The van der Waals surface area contributed by atoms with Crippen molar-refractivity contribution in [1.82, 2.24) is 4.31 Å². The van der Waals surface area contributed by atoms with Crippen LogP contribution in [0.2, 0.25) is 0 Å². The quantitative estimate of drug-likeness (QED) is 0.442. The van der Waals surface area contributed by atoms with Crippen LogP contribution in [0, 0.1) is 0 Å². The third kappa shape index (κ3) is 4.44. The number of ketones is 1. The Labute approximate surface area is 152 Å². The third-order valence-corrected chi connectivity index (χ3v) is 5.51. The normalized spacial score (nSPS) is 11.7. The highest BCUT2D eigenvalue weighted by molar-refractivity contribution is 7.89. The van der Waals surface area contributed by atoms with Crippen LogP contribution in [0.5, 0.6) is 0 Å². The van der Waals surface area contributed by atoms with Crippen LogP contribution in [-0.4, -0.2) is 45.7 Å². The lowest BCUT2D eigenvalue weighted by molar-refractivity contribution is 0.0600. The summed E-state index contributed by atoms with van der Waals surface area (Å²) in [6.45, 7) is 0. The van der Waals surface area contributed by atoms with Crippen molar-refractivity contribution in [2.24, 2.45) is 0 Å². The third-order valence-electron chi connectivity index (χ3n) is 3.68. The smallest absolute Gasteiger partial charge is 0.337 e. The summed E-state index contributed by atoms with van der Waals surface area (Å²) in [5, 5.41) is 0. The van der Waals surface area contributed by atoms with Gasteiger partial charge >= 0.3 is 5.97 Å². The van der Waals surface area contributed by atoms with E-state index in [1.165, 1.54) is 51.5 Å². The summed E-state index contributed by atoms with van der Waals surface area (Å²) in [6, 6.07) is 12.4. The second kappa shape index (κ2) is 8.07. The number of rotatable bonds is 6. The van der Waals surface area contributed by atoms with E-state index in [4.69, 9.17) is 0 Å². The predicted molar refractivity (Wildman–Crippen MR) is 98.5 cm³/mol. The molecule has 136 valence electrons. The molecule has 0 fully saturated rings. The number of methoxy groups -OCH3 is 1. The van der Waals surface area contributed by atoms with Gasteiger partial charge in [0.15, 0.2) is 5.78 Å². The maximum absolute atomic E-state index is 12.2. The first-order valence-electron chi connectivity index (χ1n) is 7.69. The number of allylic oxidation sites excluding steroid dienone is 1. The number of benzene rings is 2. The van der Waals surface area contributed by atoms with Crippen molar-refractivity contribution in [2.75, 3.05) is 21.2 Å². The highest BCUT2D eigenvalue weighted by Gasteiger charge is 2.17. The molecule has 2 aromatic carbocycles. The molecule has 0 aliphatic carbocycles. The van der Waals surface area contributed by atoms with Gasteiger partial charge in [-0.2, -0.15) is 0 Å². The SMILES string of the molecule is COC(=O)c1ccc(/C=C/C(=O)c2ccc(S(=O)(=O)N(C)C)cc2)cc1. The van der Waals surface area contributed by atoms with Crippen molar-refractivity contribution in [2.45, 2.75) is 4.90 Å². The lowest BCUT2D eigenvalue weighted by atomic mass is 10.1. The van der Waals surface area contributed by atoms with Gasteiger partial charge in [-0.3, -0.25) is 4.79 Å². The van der Waals surface area contributed by atoms with Crippen molar-refractivity contribution < 1.29 is 22.7 Å². The molecule has 0 atom stereocenters. The van der Waals surface area contributed by atoms with Gasteiger partial charge in [0.2, 0.25) is 10.0 Å². The van der Waals surface area contributed by atoms with E-state index in [-0.39, 0.29) is 10.7 Å². The largest absolute Gasteiger partial charge is 0.465 e. The molecule has 2 aromatic rings. The summed E-state index contributed by atoms with van der Waals surface area (Å²) in [5.41, 5.74) is 1.55. The van der Waals surface area contributed by atoms with Crippen LogP contribution in [0.25, 0.3) is 6.08 Å². The van der Waals surface area contributed by atoms with E-state index in [0.29, 0.717) is 11.1 Å². The van der Waals surface area contributed by atoms with Crippen LogP contribution in [0.1, 0.15) is 26.3 Å². The average molecular weight is 373 g/mol. The van der Waals surface area contributed by atoms with Gasteiger partial charge in [-0.1, -0.05) is 18.2 Å². The van der Waals surface area contributed by atoms with Gasteiger partial charge in [-0.05, 0) is 48.0 Å². The number of hydrogen-bond donors (Lipinski definition) is 0. The molecule has 0 saturated heterocycles. The van der Waals surface area contributed by atoms with Crippen LogP contribution in [0.3, 0.4) is 0 Å². The standard InChI is InChI=1S/C19H19NO5S/c1-20(2)26(23,24)17-11-9-15(10-12-17)18(21)13-6-14-4-7-16(8-5-14)19(22)25-3/h4-13H,1-3H3/b13-6+. The number of sulfonamides is 1. The number of carbonyl (C=O) groups is 2. The highest BCUT2D eigenvalue weighted by atomic mass is 32.2. The summed E-state index contributed by atoms with van der Waals surface area (Å²) in [4.78, 5) is 23.7. The molecule has 2 rings (SSSR count). The van der Waals surface area contributed by atoms with Gasteiger partial charge in [-0.25, -0.2) is 17.5 Å². The summed E-state index contributed by atoms with van der Waals surface area (Å²) >= 11 is 0. The number of esters is 1. The van der Waals surface area contributed by atoms with Crippen LogP contribution < -0.4 is 0 Å². The summed E-state index contributed by atoms with van der Waals surface area (Å²) in [5.74, 6) is -0.680. The molecule has 26 heavy (non-hydrogen) atoms. The molecule has 0 spiro atoms. The molecular weight excluding hydrogens is 354 g/mol. The molecule has 0 aromatic heterocycles. The Bertz CT molecular complexity index is 927. The average Bonchev–Trinajstić information content (AvgIpc) is 2.65. The molecule has 0 saturated carbocycles. The zero-order valence-electron chi connectivity index (χ0n) is 14.7. The van der Waals surface area contributed by atoms with Crippen molar-refractivity contribution >= 4 is 27.9 Å². The van der Waals surface area contributed by atoms with E-state index >= 15 is 0 Å². The monoisotopic (exact) mass is 373 g/mol. The minimum atomic E-state index is -3.52. The maximum atomic E-state index is 12.2. The Balaban J connectivity index is 2.12. The maximum Gasteiger partial charge on any atom is 0.337 e. The van der Waals surface area contributed by atoms with Crippen LogP contribution in [0.4, 0.5) is 0 Å². The molecule has 0 unspecified atom stereocenters. The molecule has 0 radical (unpaired) electrons. The summed E-state index contributed by atoms with van der Waals surface area (Å²) < 4.78 is 29.8. The topological polar surface area (TPSA) is 80.8 Å². The van der Waals surface area contributed by atoms with Gasteiger partial charge in [-0.15, -0.1) is 0 Å². The van der Waals surface area contributed by atoms with E-state index in [2.05, 4.69) is 4.74 Å². The fraction of sp³-hybridized carbons (Fsp3) is 0.158. The van der Waals surface area contributed by atoms with Gasteiger partial charge in [0.25, 0.3) is 0 Å².